The summed E-state index contributed by atoms with van der Waals surface area (Å²) in [5, 5.41) is 15.4. The van der Waals surface area contributed by atoms with Crippen molar-refractivity contribution >= 4 is 5.84 Å². The summed E-state index contributed by atoms with van der Waals surface area (Å²) in [5.41, 5.74) is 6.14. The lowest BCUT2D eigenvalue weighted by Crippen LogP contribution is -2.88. The fourth-order valence-electron chi connectivity index (χ4n) is 2.25. The summed E-state index contributed by atoms with van der Waals surface area (Å²) in [6.45, 7) is 0. The van der Waals surface area contributed by atoms with Crippen LogP contribution in [0.15, 0.2) is 65.3 Å². The van der Waals surface area contributed by atoms with Crippen LogP contribution in [0.25, 0.3) is 0 Å². The van der Waals surface area contributed by atoms with Gasteiger partial charge >= 0.3 is 0 Å². The molecule has 1 aromatic carbocycles. The molecule has 1 aliphatic carbocycles. The molecule has 1 aliphatic heterocycles. The summed E-state index contributed by atoms with van der Waals surface area (Å²) in [5.74, 6) is 0.996. The zero-order chi connectivity index (χ0) is 13.8. The predicted octanol–water partition coefficient (Wildman–Crippen LogP) is 1.48. The monoisotopic (exact) mass is 263 g/mol. The first kappa shape index (κ1) is 12.4. The van der Waals surface area contributed by atoms with E-state index in [0.29, 0.717) is 5.56 Å². The SMILES string of the molecule is N#Cc1ccc(C2NN=C(C3=CC=CC=CC3)[NH2+]2)cc1. The first-order valence-corrected chi connectivity index (χ1v) is 6.58. The van der Waals surface area contributed by atoms with Crippen LogP contribution in [-0.2, 0) is 0 Å². The normalized spacial score (nSPS) is 20.6. The van der Waals surface area contributed by atoms with E-state index in [0.717, 1.165) is 17.8 Å². The maximum atomic E-state index is 8.82. The molecule has 4 heteroatoms. The van der Waals surface area contributed by atoms with Crippen LogP contribution in [0, 0.1) is 11.3 Å². The largest absolute Gasteiger partial charge is 0.271 e. The molecule has 0 bridgehead atoms. The smallest absolute Gasteiger partial charge is 0.246 e. The van der Waals surface area contributed by atoms with E-state index in [4.69, 9.17) is 5.26 Å². The van der Waals surface area contributed by atoms with Gasteiger partial charge in [-0.15, -0.1) is 5.10 Å². The summed E-state index contributed by atoms with van der Waals surface area (Å²) >= 11 is 0. The molecule has 98 valence electrons. The fraction of sp³-hybridized carbons (Fsp3) is 0.125. The number of allylic oxidation sites excluding steroid dienone is 5. The Labute approximate surface area is 117 Å². The van der Waals surface area contributed by atoms with Gasteiger partial charge in [0.1, 0.15) is 0 Å². The van der Waals surface area contributed by atoms with Crippen molar-refractivity contribution in [1.29, 1.82) is 5.26 Å². The number of hydrogen-bond acceptors (Lipinski definition) is 3. The van der Waals surface area contributed by atoms with E-state index in [1.54, 1.807) is 0 Å². The van der Waals surface area contributed by atoms with Crippen LogP contribution in [0.5, 0.6) is 0 Å². The van der Waals surface area contributed by atoms with E-state index in [1.165, 1.54) is 5.57 Å². The Hall–Kier alpha value is -2.64. The van der Waals surface area contributed by atoms with Crippen molar-refractivity contribution in [2.75, 3.05) is 0 Å². The third-order valence-electron chi connectivity index (χ3n) is 3.37. The van der Waals surface area contributed by atoms with Crippen LogP contribution in [0.4, 0.5) is 0 Å². The minimum atomic E-state index is 0.0786. The summed E-state index contributed by atoms with van der Waals surface area (Å²) in [6, 6.07) is 9.72. The quantitative estimate of drug-likeness (QED) is 0.849. The van der Waals surface area contributed by atoms with Gasteiger partial charge in [0.15, 0.2) is 0 Å². The van der Waals surface area contributed by atoms with Crippen molar-refractivity contribution in [2.45, 2.75) is 12.6 Å². The van der Waals surface area contributed by atoms with Crippen molar-refractivity contribution in [3.8, 4) is 6.07 Å². The average Bonchev–Trinajstić information content (AvgIpc) is 2.83. The van der Waals surface area contributed by atoms with E-state index in [1.807, 2.05) is 42.5 Å². The average molecular weight is 263 g/mol. The molecular formula is C16H15N4+. The molecule has 3 N–H and O–H groups in total. The zero-order valence-electron chi connectivity index (χ0n) is 11.0. The summed E-state index contributed by atoms with van der Waals surface area (Å²) < 4.78 is 0. The molecule has 20 heavy (non-hydrogen) atoms. The molecule has 0 saturated carbocycles. The highest BCUT2D eigenvalue weighted by Gasteiger charge is 2.25. The molecular weight excluding hydrogens is 248 g/mol. The van der Waals surface area contributed by atoms with Crippen molar-refractivity contribution in [3.05, 3.63) is 71.3 Å². The molecule has 3 rings (SSSR count). The number of rotatable bonds is 2. The Bertz CT molecular complexity index is 657. The van der Waals surface area contributed by atoms with Crippen LogP contribution in [0.2, 0.25) is 0 Å². The number of amidine groups is 1. The third-order valence-corrected chi connectivity index (χ3v) is 3.37. The minimum Gasteiger partial charge on any atom is -0.271 e. The van der Waals surface area contributed by atoms with Gasteiger partial charge in [-0.3, -0.25) is 5.32 Å². The number of nitriles is 1. The molecule has 4 nitrogen and oxygen atoms in total. The summed E-state index contributed by atoms with van der Waals surface area (Å²) in [6.07, 6.45) is 11.3. The Morgan fingerprint density at radius 1 is 1.20 bits per heavy atom. The van der Waals surface area contributed by atoms with E-state index >= 15 is 0 Å². The lowest BCUT2D eigenvalue weighted by molar-refractivity contribution is -0.582. The van der Waals surface area contributed by atoms with Gasteiger partial charge in [-0.05, 0) is 30.7 Å². The van der Waals surface area contributed by atoms with Crippen LogP contribution in [0.3, 0.4) is 0 Å². The maximum Gasteiger partial charge on any atom is 0.246 e. The summed E-state index contributed by atoms with van der Waals surface area (Å²) in [7, 11) is 0. The molecule has 1 heterocycles. The molecule has 1 aromatic rings. The Morgan fingerprint density at radius 2 is 2.05 bits per heavy atom. The van der Waals surface area contributed by atoms with Gasteiger partial charge in [-0.2, -0.15) is 5.26 Å². The number of nitrogens with zero attached hydrogens (tertiary/aromatic N) is 2. The Morgan fingerprint density at radius 3 is 2.85 bits per heavy atom. The van der Waals surface area contributed by atoms with Crippen LogP contribution < -0.4 is 10.7 Å². The van der Waals surface area contributed by atoms with Crippen molar-refractivity contribution in [2.24, 2.45) is 5.10 Å². The number of hydrazone groups is 1. The molecule has 0 aromatic heterocycles. The predicted molar refractivity (Wildman–Crippen MR) is 77.4 cm³/mol. The summed E-state index contributed by atoms with van der Waals surface area (Å²) in [4.78, 5) is 0. The van der Waals surface area contributed by atoms with Crippen molar-refractivity contribution in [3.63, 3.8) is 0 Å². The highest BCUT2D eigenvalue weighted by molar-refractivity contribution is 5.91. The molecule has 0 amide bonds. The molecule has 1 atom stereocenters. The molecule has 2 aliphatic rings. The lowest BCUT2D eigenvalue weighted by Gasteiger charge is -2.08. The Balaban J connectivity index is 1.72. The van der Waals surface area contributed by atoms with E-state index < -0.39 is 0 Å². The number of nitrogens with two attached hydrogens (primary N) is 1. The maximum absolute atomic E-state index is 8.82. The van der Waals surface area contributed by atoms with Gasteiger partial charge < -0.3 is 0 Å². The van der Waals surface area contributed by atoms with E-state index in [-0.39, 0.29) is 6.17 Å². The second kappa shape index (κ2) is 5.55. The topological polar surface area (TPSA) is 64.8 Å². The number of benzene rings is 1. The van der Waals surface area contributed by atoms with Crippen molar-refractivity contribution in [1.82, 2.24) is 5.43 Å². The third kappa shape index (κ3) is 2.53. The second-order valence-corrected chi connectivity index (χ2v) is 4.71. The fourth-order valence-corrected chi connectivity index (χ4v) is 2.25. The van der Waals surface area contributed by atoms with E-state index in [9.17, 15) is 0 Å². The van der Waals surface area contributed by atoms with Crippen LogP contribution >= 0.6 is 0 Å². The first-order chi connectivity index (χ1) is 9.86. The van der Waals surface area contributed by atoms with E-state index in [2.05, 4.69) is 34.1 Å². The van der Waals surface area contributed by atoms with Gasteiger partial charge in [-0.1, -0.05) is 30.4 Å². The molecule has 0 spiro atoms. The molecule has 0 saturated heterocycles. The van der Waals surface area contributed by atoms with Gasteiger partial charge in [0.25, 0.3) is 0 Å². The van der Waals surface area contributed by atoms with Gasteiger partial charge in [0.2, 0.25) is 12.0 Å². The van der Waals surface area contributed by atoms with Crippen LogP contribution in [0.1, 0.15) is 23.7 Å². The highest BCUT2D eigenvalue weighted by Crippen LogP contribution is 2.13. The van der Waals surface area contributed by atoms with Gasteiger partial charge in [0.05, 0.1) is 11.6 Å². The standard InChI is InChI=1S/C16H14N4/c17-11-12-7-9-14(10-8-12)16-18-15(19-20-16)13-5-3-1-2-4-6-13/h1-5,7-10,16,20H,6H2,(H,18,19)/p+1. The molecule has 1 unspecified atom stereocenters. The zero-order valence-corrected chi connectivity index (χ0v) is 11.0. The van der Waals surface area contributed by atoms with Gasteiger partial charge in [0, 0.05) is 11.1 Å². The lowest BCUT2D eigenvalue weighted by atomic mass is 10.1. The van der Waals surface area contributed by atoms with Crippen LogP contribution in [-0.4, -0.2) is 5.84 Å². The second-order valence-electron chi connectivity index (χ2n) is 4.71. The molecule has 0 radical (unpaired) electrons. The molecule has 0 fully saturated rings. The van der Waals surface area contributed by atoms with Gasteiger partial charge in [-0.25, -0.2) is 5.43 Å². The Kier molecular flexibility index (Phi) is 3.44. The highest BCUT2D eigenvalue weighted by atomic mass is 15.4. The number of hydrogen-bond donors (Lipinski definition) is 2. The first-order valence-electron chi connectivity index (χ1n) is 6.58. The van der Waals surface area contributed by atoms with Crippen molar-refractivity contribution < 1.29 is 5.32 Å². The minimum absolute atomic E-state index is 0.0786. The number of quaternary nitrogens is 1. The number of nitrogens with one attached hydrogen (secondary N) is 1.